The van der Waals surface area contributed by atoms with Crippen LogP contribution in [-0.2, 0) is 16.0 Å². The summed E-state index contributed by atoms with van der Waals surface area (Å²) in [7, 11) is 0. The molecule has 1 aromatic heterocycles. The predicted octanol–water partition coefficient (Wildman–Crippen LogP) is 0.517. The number of benzene rings is 1. The highest BCUT2D eigenvalue weighted by Crippen LogP contribution is 2.32. The molecule has 8 nitrogen and oxygen atoms in total. The van der Waals surface area contributed by atoms with Gasteiger partial charge in [0.1, 0.15) is 0 Å². The van der Waals surface area contributed by atoms with E-state index in [0.717, 1.165) is 30.9 Å². The van der Waals surface area contributed by atoms with Gasteiger partial charge in [0.25, 0.3) is 11.1 Å². The van der Waals surface area contributed by atoms with Gasteiger partial charge in [-0.05, 0) is 24.8 Å². The third kappa shape index (κ3) is 4.47. The number of amides is 2. The van der Waals surface area contributed by atoms with Crippen LogP contribution in [0, 0.1) is 5.92 Å². The average Bonchev–Trinajstić information content (AvgIpc) is 3.57. The van der Waals surface area contributed by atoms with Crippen molar-refractivity contribution in [3.8, 4) is 0 Å². The van der Waals surface area contributed by atoms with Crippen LogP contribution in [0.5, 0.6) is 0 Å². The van der Waals surface area contributed by atoms with Crippen molar-refractivity contribution in [1.29, 1.82) is 0 Å². The smallest absolute Gasteiger partial charge is 0.266 e. The monoisotopic (exact) mass is 396 g/mol. The summed E-state index contributed by atoms with van der Waals surface area (Å²) in [6.45, 7) is 0.924. The Morgan fingerprint density at radius 1 is 1.07 bits per heavy atom. The van der Waals surface area contributed by atoms with Crippen molar-refractivity contribution in [2.24, 2.45) is 5.92 Å². The maximum absolute atomic E-state index is 12.8. The maximum Gasteiger partial charge on any atom is 0.266 e. The molecule has 29 heavy (non-hydrogen) atoms. The van der Waals surface area contributed by atoms with Crippen molar-refractivity contribution in [2.45, 2.75) is 37.6 Å². The SMILES string of the molecule is O=C(N[C@H]1CN(C(=O)Cc2cc(=O)[nH][nH]c2=O)CC[C@H]1c1ccccc1)C1CC1. The van der Waals surface area contributed by atoms with Crippen molar-refractivity contribution >= 4 is 11.8 Å². The first-order chi connectivity index (χ1) is 14.0. The van der Waals surface area contributed by atoms with Gasteiger partial charge in [-0.2, -0.15) is 0 Å². The number of carbonyl (C=O) groups excluding carboxylic acids is 2. The molecule has 0 bridgehead atoms. The van der Waals surface area contributed by atoms with Crippen LogP contribution in [0.2, 0.25) is 0 Å². The summed E-state index contributed by atoms with van der Waals surface area (Å²) in [4.78, 5) is 50.2. The molecule has 4 rings (SSSR count). The van der Waals surface area contributed by atoms with Crippen LogP contribution in [-0.4, -0.2) is 46.0 Å². The molecule has 1 aliphatic heterocycles. The second-order valence-electron chi connectivity index (χ2n) is 7.82. The molecule has 2 fully saturated rings. The predicted molar refractivity (Wildman–Crippen MR) is 106 cm³/mol. The number of carbonyl (C=O) groups is 2. The number of hydrogen-bond donors (Lipinski definition) is 3. The van der Waals surface area contributed by atoms with Gasteiger partial charge in [0.2, 0.25) is 11.8 Å². The Morgan fingerprint density at radius 2 is 1.83 bits per heavy atom. The Hall–Kier alpha value is -3.16. The first-order valence-corrected chi connectivity index (χ1v) is 9.95. The molecule has 2 aromatic rings. The Labute approximate surface area is 167 Å². The fraction of sp³-hybridized carbons (Fsp3) is 0.429. The van der Waals surface area contributed by atoms with Gasteiger partial charge < -0.3 is 10.2 Å². The third-order valence-corrected chi connectivity index (χ3v) is 5.71. The van der Waals surface area contributed by atoms with Gasteiger partial charge >= 0.3 is 0 Å². The Balaban J connectivity index is 1.50. The fourth-order valence-electron chi connectivity index (χ4n) is 3.93. The quantitative estimate of drug-likeness (QED) is 0.683. The average molecular weight is 396 g/mol. The van der Waals surface area contributed by atoms with E-state index in [-0.39, 0.29) is 41.7 Å². The van der Waals surface area contributed by atoms with Gasteiger partial charge in [0.15, 0.2) is 0 Å². The lowest BCUT2D eigenvalue weighted by atomic mass is 9.85. The first kappa shape index (κ1) is 19.2. The van der Waals surface area contributed by atoms with Crippen LogP contribution < -0.4 is 16.4 Å². The Kier molecular flexibility index (Phi) is 5.33. The van der Waals surface area contributed by atoms with E-state index in [1.165, 1.54) is 0 Å². The van der Waals surface area contributed by atoms with E-state index >= 15 is 0 Å². The third-order valence-electron chi connectivity index (χ3n) is 5.71. The molecule has 0 spiro atoms. The molecule has 2 aliphatic rings. The van der Waals surface area contributed by atoms with Gasteiger partial charge in [0.05, 0.1) is 12.5 Å². The van der Waals surface area contributed by atoms with Crippen LogP contribution in [0.25, 0.3) is 0 Å². The number of nitrogens with one attached hydrogen (secondary N) is 3. The second kappa shape index (κ2) is 8.06. The molecule has 0 radical (unpaired) electrons. The molecule has 2 amide bonds. The zero-order valence-electron chi connectivity index (χ0n) is 16.0. The minimum absolute atomic E-state index is 0.0521. The number of hydrogen-bond acceptors (Lipinski definition) is 4. The minimum atomic E-state index is -0.476. The molecule has 8 heteroatoms. The van der Waals surface area contributed by atoms with Crippen LogP contribution in [0.4, 0.5) is 0 Å². The lowest BCUT2D eigenvalue weighted by Gasteiger charge is -2.39. The number of piperidine rings is 1. The Morgan fingerprint density at radius 3 is 2.55 bits per heavy atom. The van der Waals surface area contributed by atoms with E-state index in [4.69, 9.17) is 0 Å². The summed E-state index contributed by atoms with van der Waals surface area (Å²) in [5.41, 5.74) is 0.356. The van der Waals surface area contributed by atoms with Crippen molar-refractivity contribution in [3.63, 3.8) is 0 Å². The topological polar surface area (TPSA) is 115 Å². The van der Waals surface area contributed by atoms with Crippen LogP contribution in [0.15, 0.2) is 46.0 Å². The summed E-state index contributed by atoms with van der Waals surface area (Å²) in [6, 6.07) is 11.0. The lowest BCUT2D eigenvalue weighted by molar-refractivity contribution is -0.133. The summed E-state index contributed by atoms with van der Waals surface area (Å²) >= 11 is 0. The molecule has 152 valence electrons. The van der Waals surface area contributed by atoms with Crippen LogP contribution in [0.3, 0.4) is 0 Å². The van der Waals surface area contributed by atoms with Crippen molar-refractivity contribution in [3.05, 3.63) is 68.2 Å². The first-order valence-electron chi connectivity index (χ1n) is 9.95. The zero-order chi connectivity index (χ0) is 20.4. The van der Waals surface area contributed by atoms with Crippen molar-refractivity contribution in [2.75, 3.05) is 13.1 Å². The van der Waals surface area contributed by atoms with Crippen LogP contribution >= 0.6 is 0 Å². The van der Waals surface area contributed by atoms with Crippen molar-refractivity contribution in [1.82, 2.24) is 20.4 Å². The summed E-state index contributed by atoms with van der Waals surface area (Å²) in [5.74, 6) is 0.0487. The van der Waals surface area contributed by atoms with E-state index in [1.54, 1.807) is 4.90 Å². The normalized spacial score (nSPS) is 21.6. The summed E-state index contributed by atoms with van der Waals surface area (Å²) < 4.78 is 0. The molecule has 1 aliphatic carbocycles. The number of H-pyrrole nitrogens is 2. The molecular weight excluding hydrogens is 372 g/mol. The summed E-state index contributed by atoms with van der Waals surface area (Å²) in [5, 5.41) is 7.58. The van der Waals surface area contributed by atoms with E-state index in [2.05, 4.69) is 15.5 Å². The molecule has 0 unspecified atom stereocenters. The number of aromatic nitrogens is 2. The number of aromatic amines is 2. The summed E-state index contributed by atoms with van der Waals surface area (Å²) in [6.07, 6.45) is 2.42. The molecule has 2 atom stereocenters. The van der Waals surface area contributed by atoms with E-state index < -0.39 is 11.1 Å². The molecule has 3 N–H and O–H groups in total. The standard InChI is InChI=1S/C21H24N4O4/c26-18-10-15(21(29)24-23-18)11-19(27)25-9-8-16(13-4-2-1-3-5-13)17(12-25)22-20(28)14-6-7-14/h1-5,10,14,16-17H,6-9,11-12H2,(H,22,28)(H,23,26)(H,24,29)/t16-,17-/m0/s1. The number of likely N-dealkylation sites (tertiary alicyclic amines) is 1. The molecule has 1 saturated heterocycles. The van der Waals surface area contributed by atoms with E-state index in [9.17, 15) is 19.2 Å². The molecular formula is C21H24N4O4. The Bertz CT molecular complexity index is 1010. The maximum atomic E-state index is 12.8. The second-order valence-corrected chi connectivity index (χ2v) is 7.82. The fourth-order valence-corrected chi connectivity index (χ4v) is 3.93. The van der Waals surface area contributed by atoms with Gasteiger partial charge in [-0.25, -0.2) is 0 Å². The largest absolute Gasteiger partial charge is 0.351 e. The zero-order valence-corrected chi connectivity index (χ0v) is 16.0. The van der Waals surface area contributed by atoms with E-state index in [0.29, 0.717) is 13.1 Å². The van der Waals surface area contributed by atoms with Crippen LogP contribution in [0.1, 0.15) is 36.3 Å². The van der Waals surface area contributed by atoms with Crippen molar-refractivity contribution < 1.29 is 9.59 Å². The highest BCUT2D eigenvalue weighted by atomic mass is 16.2. The molecule has 1 aromatic carbocycles. The van der Waals surface area contributed by atoms with Gasteiger partial charge in [-0.15, -0.1) is 0 Å². The number of rotatable bonds is 5. The highest BCUT2D eigenvalue weighted by Gasteiger charge is 2.37. The molecule has 2 heterocycles. The minimum Gasteiger partial charge on any atom is -0.351 e. The number of nitrogens with zero attached hydrogens (tertiary/aromatic N) is 1. The van der Waals surface area contributed by atoms with Gasteiger partial charge in [-0.1, -0.05) is 30.3 Å². The highest BCUT2D eigenvalue weighted by molar-refractivity contribution is 5.82. The van der Waals surface area contributed by atoms with Gasteiger partial charge in [-0.3, -0.25) is 29.4 Å². The molecule has 1 saturated carbocycles. The van der Waals surface area contributed by atoms with Gasteiger partial charge in [0, 0.05) is 36.6 Å². The lowest BCUT2D eigenvalue weighted by Crippen LogP contribution is -2.54. The van der Waals surface area contributed by atoms with E-state index in [1.807, 2.05) is 30.3 Å².